The predicted molar refractivity (Wildman–Crippen MR) is 62.0 cm³/mol. The van der Waals surface area contributed by atoms with Gasteiger partial charge in [-0.15, -0.1) is 4.73 Å². The highest BCUT2D eigenvalue weighted by molar-refractivity contribution is 5.51. The topological polar surface area (TPSA) is 40.1 Å². The summed E-state index contributed by atoms with van der Waals surface area (Å²) >= 11 is 0. The third-order valence-electron chi connectivity index (χ3n) is 2.86. The van der Waals surface area contributed by atoms with Gasteiger partial charge >= 0.3 is 5.89 Å². The smallest absolute Gasteiger partial charge is 0.392 e. The minimum atomic E-state index is 0.373. The molecule has 2 rings (SSSR count). The number of benzene rings is 1. The fourth-order valence-electron chi connectivity index (χ4n) is 1.61. The summed E-state index contributed by atoms with van der Waals surface area (Å²) in [6.07, 6.45) is 0.994. The zero-order valence-corrected chi connectivity index (χ0v) is 9.78. The fourth-order valence-corrected chi connectivity index (χ4v) is 1.61. The molecule has 0 fully saturated rings. The maximum Gasteiger partial charge on any atom is 0.392 e. The van der Waals surface area contributed by atoms with E-state index in [9.17, 15) is 5.21 Å². The summed E-state index contributed by atoms with van der Waals surface area (Å²) in [4.78, 5) is 0. The van der Waals surface area contributed by atoms with Crippen molar-refractivity contribution in [1.82, 2.24) is 0 Å². The Morgan fingerprint density at radius 2 is 1.81 bits per heavy atom. The van der Waals surface area contributed by atoms with Gasteiger partial charge in [0.25, 0.3) is 0 Å². The van der Waals surface area contributed by atoms with Crippen LogP contribution in [-0.2, 0) is 6.42 Å². The van der Waals surface area contributed by atoms with Crippen molar-refractivity contribution in [3.63, 3.8) is 0 Å². The van der Waals surface area contributed by atoms with E-state index in [2.05, 4.69) is 6.92 Å². The third-order valence-corrected chi connectivity index (χ3v) is 2.86. The summed E-state index contributed by atoms with van der Waals surface area (Å²) in [6, 6.07) is 7.88. The first kappa shape index (κ1) is 10.7. The molecule has 0 aliphatic heterocycles. The van der Waals surface area contributed by atoms with Crippen LogP contribution in [0.4, 0.5) is 0 Å². The number of rotatable bonds is 2. The molecule has 0 bridgehead atoms. The van der Waals surface area contributed by atoms with Crippen molar-refractivity contribution in [2.75, 3.05) is 0 Å². The highest BCUT2D eigenvalue weighted by atomic mass is 16.5. The predicted octanol–water partition coefficient (Wildman–Crippen LogP) is 2.76. The maximum absolute atomic E-state index is 11.8. The van der Waals surface area contributed by atoms with Gasteiger partial charge in [-0.05, 0) is 24.1 Å². The van der Waals surface area contributed by atoms with Crippen LogP contribution in [0.15, 0.2) is 28.7 Å². The molecule has 0 radical (unpaired) electrons. The van der Waals surface area contributed by atoms with Crippen molar-refractivity contribution >= 4 is 0 Å². The van der Waals surface area contributed by atoms with Gasteiger partial charge < -0.3 is 9.62 Å². The third kappa shape index (κ3) is 1.69. The molecule has 0 amide bonds. The molecule has 0 aliphatic carbocycles. The van der Waals surface area contributed by atoms with Crippen molar-refractivity contribution in [1.29, 1.82) is 0 Å². The van der Waals surface area contributed by atoms with E-state index in [0.717, 1.165) is 16.7 Å². The lowest BCUT2D eigenvalue weighted by molar-refractivity contribution is -0.602. The van der Waals surface area contributed by atoms with Crippen molar-refractivity contribution in [3.8, 4) is 11.5 Å². The zero-order valence-electron chi connectivity index (χ0n) is 9.78. The van der Waals surface area contributed by atoms with E-state index in [0.29, 0.717) is 17.3 Å². The molecule has 3 nitrogen and oxygen atoms in total. The van der Waals surface area contributed by atoms with Gasteiger partial charge in [-0.3, -0.25) is 0 Å². The lowest BCUT2D eigenvalue weighted by Gasteiger charge is -1.99. The normalized spacial score (nSPS) is 10.7. The second kappa shape index (κ2) is 4.00. The monoisotopic (exact) mass is 217 g/mol. The molecule has 0 N–H and O–H groups in total. The van der Waals surface area contributed by atoms with E-state index in [1.165, 1.54) is 5.56 Å². The number of aromatic nitrogens is 1. The molecule has 1 aromatic carbocycles. The Hall–Kier alpha value is -1.77. The lowest BCUT2D eigenvalue weighted by atomic mass is 10.1. The van der Waals surface area contributed by atoms with E-state index >= 15 is 0 Å². The van der Waals surface area contributed by atoms with E-state index in [4.69, 9.17) is 4.42 Å². The van der Waals surface area contributed by atoms with E-state index < -0.39 is 0 Å². The first-order valence-electron chi connectivity index (χ1n) is 5.42. The summed E-state index contributed by atoms with van der Waals surface area (Å²) in [5, 5.41) is 11.8. The number of nitrogens with zero attached hydrogens (tertiary/aromatic N) is 1. The van der Waals surface area contributed by atoms with Crippen LogP contribution in [0, 0.1) is 19.1 Å². The summed E-state index contributed by atoms with van der Waals surface area (Å²) < 4.78 is 6.30. The number of hydrogen-bond donors (Lipinski definition) is 0. The number of oxazole rings is 1. The van der Waals surface area contributed by atoms with Gasteiger partial charge in [-0.1, -0.05) is 19.1 Å². The van der Waals surface area contributed by atoms with Crippen LogP contribution in [-0.4, -0.2) is 0 Å². The average molecular weight is 217 g/mol. The van der Waals surface area contributed by atoms with Crippen LogP contribution in [0.1, 0.15) is 23.9 Å². The molecule has 0 saturated heterocycles. The molecule has 0 saturated carbocycles. The van der Waals surface area contributed by atoms with E-state index in [1.807, 2.05) is 24.3 Å². The van der Waals surface area contributed by atoms with Gasteiger partial charge in [0.1, 0.15) is 0 Å². The van der Waals surface area contributed by atoms with Crippen LogP contribution in [0.25, 0.3) is 11.5 Å². The Kier molecular flexibility index (Phi) is 2.69. The SMILES string of the molecule is CCc1ccc(-c2oc(C)c(C)[n+]2[O-])cc1. The molecule has 0 atom stereocenters. The lowest BCUT2D eigenvalue weighted by Crippen LogP contribution is -2.29. The van der Waals surface area contributed by atoms with Gasteiger partial charge in [0.15, 0.2) is 5.76 Å². The second-order valence-electron chi connectivity index (χ2n) is 3.89. The van der Waals surface area contributed by atoms with Crippen LogP contribution >= 0.6 is 0 Å². The minimum Gasteiger partial charge on any atom is -0.616 e. The van der Waals surface area contributed by atoms with Crippen molar-refractivity contribution in [3.05, 3.63) is 46.5 Å². The summed E-state index contributed by atoms with van der Waals surface area (Å²) in [5.41, 5.74) is 2.69. The number of aryl methyl sites for hydroxylation is 2. The van der Waals surface area contributed by atoms with Crippen molar-refractivity contribution in [2.45, 2.75) is 27.2 Å². The Morgan fingerprint density at radius 3 is 2.25 bits per heavy atom. The highest BCUT2D eigenvalue weighted by Crippen LogP contribution is 2.20. The Bertz CT molecular complexity index is 497. The first-order chi connectivity index (χ1) is 7.63. The minimum absolute atomic E-state index is 0.373. The molecule has 0 aliphatic rings. The molecule has 16 heavy (non-hydrogen) atoms. The van der Waals surface area contributed by atoms with Gasteiger partial charge in [-0.25, -0.2) is 0 Å². The van der Waals surface area contributed by atoms with Crippen molar-refractivity contribution in [2.24, 2.45) is 0 Å². The van der Waals surface area contributed by atoms with Crippen LogP contribution in [0.5, 0.6) is 0 Å². The Labute approximate surface area is 94.9 Å². The van der Waals surface area contributed by atoms with Gasteiger partial charge in [0, 0.05) is 13.8 Å². The first-order valence-corrected chi connectivity index (χ1v) is 5.42. The molecule has 84 valence electrons. The molecule has 3 heteroatoms. The van der Waals surface area contributed by atoms with E-state index in [-0.39, 0.29) is 0 Å². The maximum atomic E-state index is 11.8. The molecule has 0 spiro atoms. The molecular weight excluding hydrogens is 202 g/mol. The van der Waals surface area contributed by atoms with Gasteiger partial charge in [0.2, 0.25) is 5.69 Å². The van der Waals surface area contributed by atoms with Crippen molar-refractivity contribution < 1.29 is 9.15 Å². The Balaban J connectivity index is 2.46. The highest BCUT2D eigenvalue weighted by Gasteiger charge is 2.19. The quantitative estimate of drug-likeness (QED) is 0.573. The molecular formula is C13H15NO2. The van der Waals surface area contributed by atoms with Crippen LogP contribution in [0.3, 0.4) is 0 Å². The molecule has 1 aromatic heterocycles. The largest absolute Gasteiger partial charge is 0.616 e. The summed E-state index contributed by atoms with van der Waals surface area (Å²) in [7, 11) is 0. The number of hydrogen-bond acceptors (Lipinski definition) is 2. The van der Waals surface area contributed by atoms with Gasteiger partial charge in [0.05, 0.1) is 5.56 Å². The van der Waals surface area contributed by atoms with E-state index in [1.54, 1.807) is 13.8 Å². The van der Waals surface area contributed by atoms with Crippen LogP contribution < -0.4 is 4.73 Å². The van der Waals surface area contributed by atoms with Crippen LogP contribution in [0.2, 0.25) is 0 Å². The molecule has 1 heterocycles. The zero-order chi connectivity index (χ0) is 11.7. The Morgan fingerprint density at radius 1 is 1.19 bits per heavy atom. The molecule has 2 aromatic rings. The summed E-state index contributed by atoms with van der Waals surface area (Å²) in [5.74, 6) is 1.04. The second-order valence-corrected chi connectivity index (χ2v) is 3.89. The summed E-state index contributed by atoms with van der Waals surface area (Å²) in [6.45, 7) is 5.66. The average Bonchev–Trinajstić information content (AvgIpc) is 2.57. The molecule has 0 unspecified atom stereocenters. The standard InChI is InChI=1S/C13H15NO2/c1-4-11-5-7-12(8-6-11)13-14(15)9(2)10(3)16-13/h5-8H,4H2,1-3H3. The van der Waals surface area contributed by atoms with Gasteiger partial charge in [-0.2, -0.15) is 0 Å². The fraction of sp³-hybridized carbons (Fsp3) is 0.308.